The number of allylic oxidation sites excluding steroid dienone is 2. The number of thiol groups is 1. The molecule has 0 aromatic heterocycles. The molecule has 4 heteroatoms. The van der Waals surface area contributed by atoms with Gasteiger partial charge in [0.25, 0.3) is 0 Å². The van der Waals surface area contributed by atoms with Gasteiger partial charge in [-0.1, -0.05) is 26.0 Å². The van der Waals surface area contributed by atoms with Gasteiger partial charge in [-0.3, -0.25) is 4.79 Å². The van der Waals surface area contributed by atoms with Crippen molar-refractivity contribution in [3.8, 4) is 0 Å². The van der Waals surface area contributed by atoms with Crippen molar-refractivity contribution in [2.75, 3.05) is 6.61 Å². The fraction of sp³-hybridized carbons (Fsp3) is 0.769. The largest absolute Gasteiger partial charge is 0.461 e. The van der Waals surface area contributed by atoms with E-state index in [-0.39, 0.29) is 12.6 Å². The number of carbonyl (C=O) groups excluding carboxylic acids is 1. The van der Waals surface area contributed by atoms with Gasteiger partial charge in [0.05, 0.1) is 5.41 Å². The first-order valence-electron chi connectivity index (χ1n) is 6.04. The van der Waals surface area contributed by atoms with Gasteiger partial charge in [0.2, 0.25) is 0 Å². The molecular weight excluding hydrogens is 239 g/mol. The highest BCUT2D eigenvalue weighted by atomic mass is 32.1. The Bertz CT molecular complexity index is 309. The standard InChI is InChI=1S/C13H21FO2S/c1-4-13(7-5-6-10(2)8-13)11(15)16-9-12(3,14)17/h5-6,10,17H,4,7-9H2,1-3H3. The van der Waals surface area contributed by atoms with Crippen LogP contribution in [0.2, 0.25) is 0 Å². The summed E-state index contributed by atoms with van der Waals surface area (Å²) in [5, 5.41) is -1.76. The minimum atomic E-state index is -1.76. The smallest absolute Gasteiger partial charge is 0.312 e. The zero-order valence-corrected chi connectivity index (χ0v) is 11.6. The van der Waals surface area contributed by atoms with E-state index >= 15 is 0 Å². The SMILES string of the molecule is CCC1(C(=O)OCC(C)(F)S)CC=CC(C)C1. The van der Waals surface area contributed by atoms with E-state index < -0.39 is 10.4 Å². The molecule has 0 N–H and O–H groups in total. The molecule has 3 unspecified atom stereocenters. The summed E-state index contributed by atoms with van der Waals surface area (Å²) < 4.78 is 18.3. The molecule has 0 fully saturated rings. The number of hydrogen-bond donors (Lipinski definition) is 1. The molecule has 0 bridgehead atoms. The Balaban J connectivity index is 2.67. The number of ether oxygens (including phenoxy) is 1. The number of esters is 1. The maximum atomic E-state index is 13.2. The monoisotopic (exact) mass is 260 g/mol. The van der Waals surface area contributed by atoms with Crippen LogP contribution in [0.4, 0.5) is 4.39 Å². The molecule has 0 amide bonds. The van der Waals surface area contributed by atoms with E-state index in [1.165, 1.54) is 6.92 Å². The van der Waals surface area contributed by atoms with Gasteiger partial charge in [-0.2, -0.15) is 0 Å². The number of rotatable bonds is 4. The third kappa shape index (κ3) is 4.02. The molecule has 0 saturated carbocycles. The van der Waals surface area contributed by atoms with Crippen molar-refractivity contribution in [3.05, 3.63) is 12.2 Å². The topological polar surface area (TPSA) is 26.3 Å². The Morgan fingerprint density at radius 3 is 2.82 bits per heavy atom. The van der Waals surface area contributed by atoms with Crippen LogP contribution in [0.1, 0.15) is 40.0 Å². The first-order valence-corrected chi connectivity index (χ1v) is 6.49. The molecule has 0 radical (unpaired) electrons. The molecule has 0 saturated heterocycles. The zero-order chi connectivity index (χ0) is 13.1. The molecule has 0 spiro atoms. The van der Waals surface area contributed by atoms with E-state index in [1.54, 1.807) is 0 Å². The van der Waals surface area contributed by atoms with Crippen molar-refractivity contribution in [2.24, 2.45) is 11.3 Å². The molecule has 17 heavy (non-hydrogen) atoms. The lowest BCUT2D eigenvalue weighted by molar-refractivity contribution is -0.159. The Morgan fingerprint density at radius 2 is 2.35 bits per heavy atom. The van der Waals surface area contributed by atoms with Gasteiger partial charge in [-0.05, 0) is 32.1 Å². The fourth-order valence-corrected chi connectivity index (χ4v) is 2.31. The van der Waals surface area contributed by atoms with Gasteiger partial charge in [0.1, 0.15) is 6.61 Å². The Labute approximate surface area is 108 Å². The number of hydrogen-bond acceptors (Lipinski definition) is 3. The van der Waals surface area contributed by atoms with Gasteiger partial charge in [-0.15, -0.1) is 12.6 Å². The van der Waals surface area contributed by atoms with Crippen molar-refractivity contribution in [1.82, 2.24) is 0 Å². The van der Waals surface area contributed by atoms with E-state index in [9.17, 15) is 9.18 Å². The minimum Gasteiger partial charge on any atom is -0.461 e. The van der Waals surface area contributed by atoms with Gasteiger partial charge in [0, 0.05) is 0 Å². The van der Waals surface area contributed by atoms with Crippen LogP contribution in [0.15, 0.2) is 12.2 Å². The second-order valence-electron chi connectivity index (χ2n) is 5.17. The number of alkyl halides is 1. The molecule has 2 nitrogen and oxygen atoms in total. The summed E-state index contributed by atoms with van der Waals surface area (Å²) >= 11 is 3.71. The fourth-order valence-electron chi connectivity index (χ4n) is 2.24. The molecule has 0 heterocycles. The average Bonchev–Trinajstić information content (AvgIpc) is 2.24. The van der Waals surface area contributed by atoms with E-state index in [0.717, 1.165) is 12.8 Å². The van der Waals surface area contributed by atoms with Crippen molar-refractivity contribution in [1.29, 1.82) is 0 Å². The molecule has 98 valence electrons. The van der Waals surface area contributed by atoms with Crippen molar-refractivity contribution in [2.45, 2.75) is 45.0 Å². The van der Waals surface area contributed by atoms with Crippen molar-refractivity contribution in [3.63, 3.8) is 0 Å². The molecule has 1 rings (SSSR count). The van der Waals surface area contributed by atoms with Crippen molar-refractivity contribution >= 4 is 18.6 Å². The van der Waals surface area contributed by atoms with E-state index in [4.69, 9.17) is 4.74 Å². The highest BCUT2D eigenvalue weighted by Gasteiger charge is 2.40. The molecule has 3 atom stereocenters. The maximum Gasteiger partial charge on any atom is 0.312 e. The summed E-state index contributed by atoms with van der Waals surface area (Å²) in [6, 6.07) is 0. The van der Waals surface area contributed by atoms with Crippen LogP contribution in [-0.4, -0.2) is 17.6 Å². The van der Waals surface area contributed by atoms with Gasteiger partial charge >= 0.3 is 5.97 Å². The molecule has 1 aliphatic rings. The van der Waals surface area contributed by atoms with Gasteiger partial charge in [0.15, 0.2) is 5.00 Å². The predicted octanol–water partition coefficient (Wildman–Crippen LogP) is 3.53. The Hall–Kier alpha value is -0.510. The summed E-state index contributed by atoms with van der Waals surface area (Å²) in [5.74, 6) is 0.0677. The van der Waals surface area contributed by atoms with Crippen LogP contribution >= 0.6 is 12.6 Å². The normalized spacial score (nSPS) is 31.9. The van der Waals surface area contributed by atoms with Crippen LogP contribution in [0.25, 0.3) is 0 Å². The van der Waals surface area contributed by atoms with Crippen LogP contribution in [0, 0.1) is 11.3 Å². The molecular formula is C13H21FO2S. The van der Waals surface area contributed by atoms with Crippen molar-refractivity contribution < 1.29 is 13.9 Å². The van der Waals surface area contributed by atoms with E-state index in [1.807, 2.05) is 13.0 Å². The third-order valence-electron chi connectivity index (χ3n) is 3.26. The first kappa shape index (κ1) is 14.6. The lowest BCUT2D eigenvalue weighted by atomic mass is 9.71. The quantitative estimate of drug-likeness (QED) is 0.475. The van der Waals surface area contributed by atoms with Crippen LogP contribution < -0.4 is 0 Å². The molecule has 0 aliphatic heterocycles. The maximum absolute atomic E-state index is 13.2. The van der Waals surface area contributed by atoms with Gasteiger partial charge in [-0.25, -0.2) is 4.39 Å². The predicted molar refractivity (Wildman–Crippen MR) is 69.7 cm³/mol. The highest BCUT2D eigenvalue weighted by Crippen LogP contribution is 2.40. The third-order valence-corrected chi connectivity index (χ3v) is 3.39. The van der Waals surface area contributed by atoms with Crippen LogP contribution in [0.5, 0.6) is 0 Å². The molecule has 1 aliphatic carbocycles. The minimum absolute atomic E-state index is 0.297. The lowest BCUT2D eigenvalue weighted by Gasteiger charge is -2.34. The average molecular weight is 260 g/mol. The summed E-state index contributed by atoms with van der Waals surface area (Å²) in [6.45, 7) is 5.04. The Morgan fingerprint density at radius 1 is 1.71 bits per heavy atom. The van der Waals surface area contributed by atoms with Gasteiger partial charge < -0.3 is 4.74 Å². The summed E-state index contributed by atoms with van der Waals surface area (Å²) in [4.78, 5) is 12.1. The van der Waals surface area contributed by atoms with Crippen LogP contribution in [-0.2, 0) is 9.53 Å². The summed E-state index contributed by atoms with van der Waals surface area (Å²) in [5.41, 5.74) is -0.479. The second kappa shape index (κ2) is 5.42. The van der Waals surface area contributed by atoms with E-state index in [2.05, 4.69) is 25.6 Å². The number of carbonyl (C=O) groups is 1. The van der Waals surface area contributed by atoms with E-state index in [0.29, 0.717) is 12.3 Å². The lowest BCUT2D eigenvalue weighted by Crippen LogP contribution is -2.37. The Kier molecular flexibility index (Phi) is 4.64. The highest BCUT2D eigenvalue weighted by molar-refractivity contribution is 7.81. The number of halogens is 1. The first-order chi connectivity index (χ1) is 7.79. The summed E-state index contributed by atoms with van der Waals surface area (Å²) in [6.07, 6.45) is 6.31. The van der Waals surface area contributed by atoms with Crippen LogP contribution in [0.3, 0.4) is 0 Å². The zero-order valence-electron chi connectivity index (χ0n) is 10.7. The molecule has 0 aromatic rings. The summed E-state index contributed by atoms with van der Waals surface area (Å²) in [7, 11) is 0. The second-order valence-corrected chi connectivity index (χ2v) is 6.10. The molecule has 0 aromatic carbocycles.